The lowest BCUT2D eigenvalue weighted by molar-refractivity contribution is 0.304. The molecular formula is C25H21FO3. The molecule has 0 amide bonds. The molecule has 29 heavy (non-hydrogen) atoms. The summed E-state index contributed by atoms with van der Waals surface area (Å²) >= 11 is 0. The summed E-state index contributed by atoms with van der Waals surface area (Å²) in [4.78, 5) is 12.7. The normalized spacial score (nSPS) is 11.0. The second-order valence-electron chi connectivity index (χ2n) is 7.14. The highest BCUT2D eigenvalue weighted by atomic mass is 19.1. The molecule has 0 bridgehead atoms. The Balaban J connectivity index is 1.66. The van der Waals surface area contributed by atoms with Gasteiger partial charge >= 0.3 is 5.63 Å². The molecule has 1 aromatic heterocycles. The number of benzene rings is 3. The molecule has 0 fully saturated rings. The Labute approximate surface area is 168 Å². The molecule has 0 radical (unpaired) electrons. The first-order chi connectivity index (χ1) is 14.0. The largest absolute Gasteiger partial charge is 0.488 e. The fraction of sp³-hybridized carbons (Fsp3) is 0.160. The van der Waals surface area contributed by atoms with Crippen molar-refractivity contribution in [1.82, 2.24) is 0 Å². The maximum absolute atomic E-state index is 13.1. The van der Waals surface area contributed by atoms with Crippen molar-refractivity contribution in [3.63, 3.8) is 0 Å². The number of aryl methyl sites for hydroxylation is 2. The quantitative estimate of drug-likeness (QED) is 0.411. The summed E-state index contributed by atoms with van der Waals surface area (Å²) in [6.45, 7) is 4.14. The predicted octanol–water partition coefficient (Wildman–Crippen LogP) is 5.72. The van der Waals surface area contributed by atoms with E-state index >= 15 is 0 Å². The number of halogens is 1. The fourth-order valence-electron chi connectivity index (χ4n) is 3.47. The van der Waals surface area contributed by atoms with Crippen LogP contribution in [0.1, 0.15) is 27.8 Å². The average molecular weight is 388 g/mol. The summed E-state index contributed by atoms with van der Waals surface area (Å²) < 4.78 is 24.6. The molecular weight excluding hydrogens is 367 g/mol. The van der Waals surface area contributed by atoms with Crippen LogP contribution in [-0.2, 0) is 13.0 Å². The van der Waals surface area contributed by atoms with Gasteiger partial charge in [0.15, 0.2) is 0 Å². The first-order valence-electron chi connectivity index (χ1n) is 9.50. The van der Waals surface area contributed by atoms with Crippen LogP contribution in [0.25, 0.3) is 11.0 Å². The van der Waals surface area contributed by atoms with Gasteiger partial charge in [0.25, 0.3) is 0 Å². The van der Waals surface area contributed by atoms with E-state index in [0.29, 0.717) is 29.9 Å². The molecule has 0 N–H and O–H groups in total. The van der Waals surface area contributed by atoms with Gasteiger partial charge in [-0.1, -0.05) is 42.5 Å². The van der Waals surface area contributed by atoms with Gasteiger partial charge in [-0.3, -0.25) is 0 Å². The van der Waals surface area contributed by atoms with Crippen LogP contribution in [0, 0.1) is 19.7 Å². The molecule has 4 rings (SSSR count). The van der Waals surface area contributed by atoms with Gasteiger partial charge in [0.2, 0.25) is 0 Å². The highest BCUT2D eigenvalue weighted by Gasteiger charge is 2.15. The van der Waals surface area contributed by atoms with Crippen LogP contribution in [0.4, 0.5) is 4.39 Å². The lowest BCUT2D eigenvalue weighted by atomic mass is 9.98. The number of rotatable bonds is 5. The van der Waals surface area contributed by atoms with Gasteiger partial charge in [0.1, 0.15) is 23.8 Å². The average Bonchev–Trinajstić information content (AvgIpc) is 2.73. The summed E-state index contributed by atoms with van der Waals surface area (Å²) in [5.74, 6) is 0.361. The van der Waals surface area contributed by atoms with Gasteiger partial charge < -0.3 is 9.15 Å². The number of fused-ring (bicyclic) bond motifs is 1. The van der Waals surface area contributed by atoms with Crippen LogP contribution in [0.15, 0.2) is 75.9 Å². The van der Waals surface area contributed by atoms with Gasteiger partial charge in [0, 0.05) is 22.9 Å². The first kappa shape index (κ1) is 18.9. The van der Waals surface area contributed by atoms with Crippen molar-refractivity contribution in [3.05, 3.63) is 111 Å². The third-order valence-electron chi connectivity index (χ3n) is 5.19. The Kier molecular flexibility index (Phi) is 5.17. The second kappa shape index (κ2) is 7.92. The Morgan fingerprint density at radius 1 is 0.862 bits per heavy atom. The first-order valence-corrected chi connectivity index (χ1v) is 9.50. The summed E-state index contributed by atoms with van der Waals surface area (Å²) in [5, 5.41) is 0.905. The lowest BCUT2D eigenvalue weighted by Crippen LogP contribution is -2.11. The molecule has 0 unspecified atom stereocenters. The molecule has 1 heterocycles. The molecule has 146 valence electrons. The van der Waals surface area contributed by atoms with Gasteiger partial charge in [-0.15, -0.1) is 0 Å². The lowest BCUT2D eigenvalue weighted by Gasteiger charge is -2.13. The van der Waals surface area contributed by atoms with E-state index in [1.54, 1.807) is 12.1 Å². The molecule has 0 atom stereocenters. The van der Waals surface area contributed by atoms with E-state index in [1.165, 1.54) is 12.1 Å². The van der Waals surface area contributed by atoms with Gasteiger partial charge in [-0.05, 0) is 54.8 Å². The van der Waals surface area contributed by atoms with Crippen LogP contribution in [-0.4, -0.2) is 0 Å². The maximum atomic E-state index is 13.1. The van der Waals surface area contributed by atoms with E-state index in [9.17, 15) is 9.18 Å². The SMILES string of the molecule is Cc1c(Cc2ccccc2)c(=O)oc2c(C)c(OCc3ccc(F)cc3)ccc12. The third-order valence-corrected chi connectivity index (χ3v) is 5.19. The van der Waals surface area contributed by atoms with Gasteiger partial charge in [-0.25, -0.2) is 9.18 Å². The van der Waals surface area contributed by atoms with Gasteiger partial charge in [0.05, 0.1) is 0 Å². The van der Waals surface area contributed by atoms with Crippen LogP contribution >= 0.6 is 0 Å². The molecule has 0 saturated carbocycles. The van der Waals surface area contributed by atoms with Crippen molar-refractivity contribution in [2.24, 2.45) is 0 Å². The third kappa shape index (κ3) is 3.92. The van der Waals surface area contributed by atoms with E-state index in [2.05, 4.69) is 0 Å². The zero-order chi connectivity index (χ0) is 20.4. The van der Waals surface area contributed by atoms with E-state index in [4.69, 9.17) is 9.15 Å². The summed E-state index contributed by atoms with van der Waals surface area (Å²) in [7, 11) is 0. The minimum absolute atomic E-state index is 0.279. The molecule has 0 saturated heterocycles. The second-order valence-corrected chi connectivity index (χ2v) is 7.14. The standard InChI is InChI=1S/C25H21FO3/c1-16-21-12-13-23(28-15-19-8-10-20(26)11-9-19)17(2)24(21)29-25(27)22(16)14-18-6-4-3-5-7-18/h3-13H,14-15H2,1-2H3. The summed E-state index contributed by atoms with van der Waals surface area (Å²) in [6, 6.07) is 19.9. The van der Waals surface area contributed by atoms with Crippen LogP contribution < -0.4 is 10.4 Å². The molecule has 0 aliphatic rings. The zero-order valence-corrected chi connectivity index (χ0v) is 16.4. The minimum atomic E-state index is -0.322. The smallest absolute Gasteiger partial charge is 0.340 e. The monoisotopic (exact) mass is 388 g/mol. The summed E-state index contributed by atoms with van der Waals surface area (Å²) in [6.07, 6.45) is 0.535. The Morgan fingerprint density at radius 3 is 2.31 bits per heavy atom. The minimum Gasteiger partial charge on any atom is -0.488 e. The van der Waals surface area contributed by atoms with Crippen molar-refractivity contribution in [1.29, 1.82) is 0 Å². The van der Waals surface area contributed by atoms with Crippen LogP contribution in [0.2, 0.25) is 0 Å². The van der Waals surface area contributed by atoms with E-state index in [0.717, 1.165) is 27.6 Å². The van der Waals surface area contributed by atoms with Crippen molar-refractivity contribution in [2.75, 3.05) is 0 Å². The van der Waals surface area contributed by atoms with Crippen molar-refractivity contribution >= 4 is 11.0 Å². The van der Waals surface area contributed by atoms with Crippen molar-refractivity contribution in [2.45, 2.75) is 26.9 Å². The van der Waals surface area contributed by atoms with Crippen molar-refractivity contribution in [3.8, 4) is 5.75 Å². The predicted molar refractivity (Wildman–Crippen MR) is 112 cm³/mol. The Bertz CT molecular complexity index is 1210. The fourth-order valence-corrected chi connectivity index (χ4v) is 3.47. The Morgan fingerprint density at radius 2 is 1.59 bits per heavy atom. The number of ether oxygens (including phenoxy) is 1. The highest BCUT2D eigenvalue weighted by Crippen LogP contribution is 2.30. The molecule has 0 spiro atoms. The molecule has 4 aromatic rings. The molecule has 0 aliphatic heterocycles. The van der Waals surface area contributed by atoms with Gasteiger partial charge in [-0.2, -0.15) is 0 Å². The van der Waals surface area contributed by atoms with Crippen LogP contribution in [0.3, 0.4) is 0 Å². The maximum Gasteiger partial charge on any atom is 0.340 e. The van der Waals surface area contributed by atoms with Crippen molar-refractivity contribution < 1.29 is 13.5 Å². The molecule has 4 heteroatoms. The number of hydrogen-bond donors (Lipinski definition) is 0. The molecule has 3 aromatic carbocycles. The zero-order valence-electron chi connectivity index (χ0n) is 16.4. The topological polar surface area (TPSA) is 39.4 Å². The van der Waals surface area contributed by atoms with E-state index in [-0.39, 0.29) is 11.4 Å². The Hall–Kier alpha value is -3.40. The van der Waals surface area contributed by atoms with E-state index in [1.807, 2.05) is 56.3 Å². The van der Waals surface area contributed by atoms with Crippen LogP contribution in [0.5, 0.6) is 5.75 Å². The summed E-state index contributed by atoms with van der Waals surface area (Å²) in [5.41, 5.74) is 4.52. The van der Waals surface area contributed by atoms with E-state index < -0.39 is 0 Å². The number of hydrogen-bond acceptors (Lipinski definition) is 3. The molecule has 3 nitrogen and oxygen atoms in total. The molecule has 0 aliphatic carbocycles. The highest BCUT2D eigenvalue weighted by molar-refractivity contribution is 5.85.